The normalized spacial score (nSPS) is 37.1. The summed E-state index contributed by atoms with van der Waals surface area (Å²) < 4.78 is 5.33. The Labute approximate surface area is 88.2 Å². The van der Waals surface area contributed by atoms with Gasteiger partial charge in [-0.05, 0) is 24.7 Å². The molecule has 0 radical (unpaired) electrons. The number of rotatable bonds is 5. The van der Waals surface area contributed by atoms with Crippen molar-refractivity contribution in [3.63, 3.8) is 0 Å². The molecule has 0 bridgehead atoms. The zero-order valence-corrected chi connectivity index (χ0v) is 9.50. The first-order valence-corrected chi connectivity index (χ1v) is 6.50. The largest absolute Gasteiger partial charge is 0.373 e. The second-order valence-corrected chi connectivity index (χ2v) is 5.23. The first-order valence-electron chi connectivity index (χ1n) is 6.50. The highest BCUT2D eigenvalue weighted by Gasteiger charge is 2.29. The molecule has 1 nitrogen and oxygen atoms in total. The minimum absolute atomic E-state index is 0.657. The predicted molar refractivity (Wildman–Crippen MR) is 59.3 cm³/mol. The summed E-state index contributed by atoms with van der Waals surface area (Å²) in [7, 11) is 0. The van der Waals surface area contributed by atoms with Crippen LogP contribution in [0.3, 0.4) is 0 Å². The van der Waals surface area contributed by atoms with Gasteiger partial charge in [0.1, 0.15) is 0 Å². The molecule has 1 heteroatoms. The number of hydrogen-bond acceptors (Lipinski definition) is 1. The van der Waals surface area contributed by atoms with E-state index in [9.17, 15) is 0 Å². The van der Waals surface area contributed by atoms with E-state index >= 15 is 0 Å². The molecule has 1 aliphatic heterocycles. The standard InChI is InChI=1S/C13H24O/c1-2-3-5-11-6-4-7-12(8-11)9-13-10-14-13/h11-13H,2-10H2,1H3. The van der Waals surface area contributed by atoms with Crippen LogP contribution in [-0.4, -0.2) is 12.7 Å². The van der Waals surface area contributed by atoms with E-state index < -0.39 is 0 Å². The molecule has 0 aromatic rings. The maximum Gasteiger partial charge on any atom is 0.0812 e. The zero-order chi connectivity index (χ0) is 9.80. The summed E-state index contributed by atoms with van der Waals surface area (Å²) >= 11 is 0. The minimum Gasteiger partial charge on any atom is -0.373 e. The van der Waals surface area contributed by atoms with Crippen LogP contribution in [0.5, 0.6) is 0 Å². The van der Waals surface area contributed by atoms with Crippen LogP contribution in [0.1, 0.15) is 58.3 Å². The molecule has 3 unspecified atom stereocenters. The van der Waals surface area contributed by atoms with Crippen molar-refractivity contribution in [3.05, 3.63) is 0 Å². The first kappa shape index (κ1) is 10.5. The average molecular weight is 196 g/mol. The fraction of sp³-hybridized carbons (Fsp3) is 1.00. The maximum atomic E-state index is 5.33. The van der Waals surface area contributed by atoms with Gasteiger partial charge in [-0.2, -0.15) is 0 Å². The smallest absolute Gasteiger partial charge is 0.0812 e. The van der Waals surface area contributed by atoms with Gasteiger partial charge in [-0.1, -0.05) is 45.4 Å². The van der Waals surface area contributed by atoms with Gasteiger partial charge < -0.3 is 4.74 Å². The SMILES string of the molecule is CCCCC1CCCC(CC2CO2)C1. The molecule has 3 atom stereocenters. The van der Waals surface area contributed by atoms with Gasteiger partial charge in [0.05, 0.1) is 12.7 Å². The Morgan fingerprint density at radius 1 is 1.21 bits per heavy atom. The highest BCUT2D eigenvalue weighted by molar-refractivity contribution is 4.79. The van der Waals surface area contributed by atoms with E-state index in [0.717, 1.165) is 18.4 Å². The number of hydrogen-bond donors (Lipinski definition) is 0. The Morgan fingerprint density at radius 2 is 2.00 bits per heavy atom. The van der Waals surface area contributed by atoms with E-state index in [1.165, 1.54) is 51.4 Å². The van der Waals surface area contributed by atoms with Crippen molar-refractivity contribution in [3.8, 4) is 0 Å². The third kappa shape index (κ3) is 3.27. The van der Waals surface area contributed by atoms with Crippen LogP contribution in [0.4, 0.5) is 0 Å². The number of epoxide rings is 1. The summed E-state index contributed by atoms with van der Waals surface area (Å²) in [5.41, 5.74) is 0. The van der Waals surface area contributed by atoms with E-state index in [-0.39, 0.29) is 0 Å². The molecule has 2 aliphatic rings. The molecular formula is C13H24O. The lowest BCUT2D eigenvalue weighted by atomic mass is 9.77. The second kappa shape index (κ2) is 5.16. The van der Waals surface area contributed by atoms with Crippen molar-refractivity contribution in [1.29, 1.82) is 0 Å². The molecule has 0 amide bonds. The van der Waals surface area contributed by atoms with Crippen LogP contribution in [-0.2, 0) is 4.74 Å². The quantitative estimate of drug-likeness (QED) is 0.610. The Morgan fingerprint density at radius 3 is 2.71 bits per heavy atom. The minimum atomic E-state index is 0.657. The average Bonchev–Trinajstić information content (AvgIpc) is 2.99. The molecule has 1 aliphatic carbocycles. The molecule has 0 aromatic heterocycles. The molecule has 1 saturated heterocycles. The third-order valence-corrected chi connectivity index (χ3v) is 3.86. The fourth-order valence-corrected chi connectivity index (χ4v) is 2.95. The highest BCUT2D eigenvalue weighted by atomic mass is 16.6. The Bertz CT molecular complexity index is 163. The van der Waals surface area contributed by atoms with Crippen molar-refractivity contribution in [2.45, 2.75) is 64.4 Å². The lowest BCUT2D eigenvalue weighted by molar-refractivity contribution is 0.224. The maximum absolute atomic E-state index is 5.33. The number of ether oxygens (including phenoxy) is 1. The van der Waals surface area contributed by atoms with E-state index in [1.54, 1.807) is 0 Å². The van der Waals surface area contributed by atoms with Crippen LogP contribution in [0.15, 0.2) is 0 Å². The van der Waals surface area contributed by atoms with Gasteiger partial charge in [-0.25, -0.2) is 0 Å². The topological polar surface area (TPSA) is 12.5 Å². The summed E-state index contributed by atoms with van der Waals surface area (Å²) in [6.07, 6.45) is 12.3. The van der Waals surface area contributed by atoms with Gasteiger partial charge >= 0.3 is 0 Å². The molecule has 14 heavy (non-hydrogen) atoms. The van der Waals surface area contributed by atoms with Crippen molar-refractivity contribution in [2.24, 2.45) is 11.8 Å². The highest BCUT2D eigenvalue weighted by Crippen LogP contribution is 2.36. The van der Waals surface area contributed by atoms with Crippen molar-refractivity contribution in [1.82, 2.24) is 0 Å². The molecule has 0 N–H and O–H groups in total. The Hall–Kier alpha value is -0.0400. The van der Waals surface area contributed by atoms with Crippen molar-refractivity contribution in [2.75, 3.05) is 6.61 Å². The lowest BCUT2D eigenvalue weighted by Gasteiger charge is -2.28. The summed E-state index contributed by atoms with van der Waals surface area (Å²) in [6, 6.07) is 0. The molecular weight excluding hydrogens is 172 g/mol. The van der Waals surface area contributed by atoms with Gasteiger partial charge in [0, 0.05) is 0 Å². The fourth-order valence-electron chi connectivity index (χ4n) is 2.95. The van der Waals surface area contributed by atoms with Gasteiger partial charge in [-0.3, -0.25) is 0 Å². The van der Waals surface area contributed by atoms with Gasteiger partial charge in [0.25, 0.3) is 0 Å². The summed E-state index contributed by atoms with van der Waals surface area (Å²) in [5, 5.41) is 0. The Balaban J connectivity index is 1.66. The summed E-state index contributed by atoms with van der Waals surface area (Å²) in [5.74, 6) is 2.05. The zero-order valence-electron chi connectivity index (χ0n) is 9.50. The molecule has 82 valence electrons. The monoisotopic (exact) mass is 196 g/mol. The number of unbranched alkanes of at least 4 members (excludes halogenated alkanes) is 1. The molecule has 1 saturated carbocycles. The van der Waals surface area contributed by atoms with E-state index in [1.807, 2.05) is 0 Å². The van der Waals surface area contributed by atoms with E-state index in [0.29, 0.717) is 6.10 Å². The van der Waals surface area contributed by atoms with Crippen LogP contribution < -0.4 is 0 Å². The summed E-state index contributed by atoms with van der Waals surface area (Å²) in [6.45, 7) is 3.36. The van der Waals surface area contributed by atoms with Gasteiger partial charge in [0.2, 0.25) is 0 Å². The van der Waals surface area contributed by atoms with Crippen LogP contribution in [0, 0.1) is 11.8 Å². The van der Waals surface area contributed by atoms with Crippen LogP contribution >= 0.6 is 0 Å². The van der Waals surface area contributed by atoms with E-state index in [2.05, 4.69) is 6.92 Å². The molecule has 1 heterocycles. The summed E-state index contributed by atoms with van der Waals surface area (Å²) in [4.78, 5) is 0. The Kier molecular flexibility index (Phi) is 3.86. The van der Waals surface area contributed by atoms with Crippen molar-refractivity contribution >= 4 is 0 Å². The van der Waals surface area contributed by atoms with Gasteiger partial charge in [-0.15, -0.1) is 0 Å². The first-order chi connectivity index (χ1) is 6.88. The van der Waals surface area contributed by atoms with Crippen molar-refractivity contribution < 1.29 is 4.74 Å². The molecule has 2 fully saturated rings. The second-order valence-electron chi connectivity index (χ2n) is 5.23. The van der Waals surface area contributed by atoms with Gasteiger partial charge in [0.15, 0.2) is 0 Å². The molecule has 2 rings (SSSR count). The molecule has 0 aromatic carbocycles. The van der Waals surface area contributed by atoms with E-state index in [4.69, 9.17) is 4.74 Å². The van der Waals surface area contributed by atoms with Crippen LogP contribution in [0.2, 0.25) is 0 Å². The molecule has 0 spiro atoms. The van der Waals surface area contributed by atoms with Crippen LogP contribution in [0.25, 0.3) is 0 Å². The predicted octanol–water partition coefficient (Wildman–Crippen LogP) is 3.77. The lowest BCUT2D eigenvalue weighted by Crippen LogP contribution is -2.17. The third-order valence-electron chi connectivity index (χ3n) is 3.86.